The maximum absolute atomic E-state index is 12.1. The largest absolute Gasteiger partial charge is 0.333 e. The maximum Gasteiger partial charge on any atom is 0.284 e. The van der Waals surface area contributed by atoms with Crippen LogP contribution in [0, 0.1) is 0 Å². The number of aryl methyl sites for hydroxylation is 1. The van der Waals surface area contributed by atoms with Crippen molar-refractivity contribution in [2.75, 3.05) is 17.7 Å². The van der Waals surface area contributed by atoms with Gasteiger partial charge in [0.25, 0.3) is 5.91 Å². The minimum atomic E-state index is -0.537. The highest BCUT2D eigenvalue weighted by atomic mass is 32.1. The second-order valence-corrected chi connectivity index (χ2v) is 8.84. The topological polar surface area (TPSA) is 151 Å². The van der Waals surface area contributed by atoms with Crippen molar-refractivity contribution in [1.82, 2.24) is 5.48 Å². The fourth-order valence-corrected chi connectivity index (χ4v) is 4.20. The molecule has 38 heavy (non-hydrogen) atoms. The molecule has 198 valence electrons. The average molecular weight is 535 g/mol. The Hall–Kier alpha value is -4.38. The minimum absolute atomic E-state index is 0.0539. The van der Waals surface area contributed by atoms with E-state index in [0.717, 1.165) is 21.9 Å². The number of hydroxylamine groups is 1. The van der Waals surface area contributed by atoms with Gasteiger partial charge >= 0.3 is 0 Å². The lowest BCUT2D eigenvalue weighted by Crippen LogP contribution is -2.16. The molecule has 0 saturated heterocycles. The number of hydrogen-bond donors (Lipinski definition) is 5. The van der Waals surface area contributed by atoms with Gasteiger partial charge in [-0.2, -0.15) is 0 Å². The summed E-state index contributed by atoms with van der Waals surface area (Å²) in [4.78, 5) is 44.8. The Labute approximate surface area is 224 Å². The van der Waals surface area contributed by atoms with E-state index in [1.807, 2.05) is 42.5 Å². The van der Waals surface area contributed by atoms with Crippen LogP contribution < -0.4 is 21.8 Å². The molecule has 0 aliphatic carbocycles. The van der Waals surface area contributed by atoms with E-state index in [1.54, 1.807) is 41.9 Å². The molecule has 0 saturated carbocycles. The van der Waals surface area contributed by atoms with Crippen molar-refractivity contribution in [3.63, 3.8) is 0 Å². The molecule has 1 heterocycles. The summed E-state index contributed by atoms with van der Waals surface area (Å²) in [6, 6.07) is 23.7. The highest BCUT2D eigenvalue weighted by Gasteiger charge is 2.10. The Morgan fingerprint density at radius 2 is 1.55 bits per heavy atom. The summed E-state index contributed by atoms with van der Waals surface area (Å²) in [6.45, 7) is 1.44. The number of benzene rings is 3. The first-order valence-corrected chi connectivity index (χ1v) is 12.4. The van der Waals surface area contributed by atoms with Gasteiger partial charge in [-0.25, -0.2) is 5.48 Å². The molecular weight excluding hydrogens is 504 g/mol. The van der Waals surface area contributed by atoms with Crippen LogP contribution in [0.15, 0.2) is 78.9 Å². The fourth-order valence-electron chi connectivity index (χ4n) is 3.26. The molecule has 9 nitrogen and oxygen atoms in total. The van der Waals surface area contributed by atoms with Gasteiger partial charge in [0.05, 0.1) is 4.88 Å². The molecule has 10 heteroatoms. The normalized spacial score (nSPS) is 9.68. The number of amides is 3. The molecule has 0 unspecified atom stereocenters. The summed E-state index contributed by atoms with van der Waals surface area (Å²) >= 11 is 1.28. The molecule has 4 rings (SSSR count). The second kappa shape index (κ2) is 15.7. The Morgan fingerprint density at radius 1 is 0.895 bits per heavy atom. The van der Waals surface area contributed by atoms with Crippen LogP contribution in [0.5, 0.6) is 0 Å². The Balaban J connectivity index is 0.000000305. The lowest BCUT2D eigenvalue weighted by Gasteiger charge is -2.05. The minimum Gasteiger partial charge on any atom is -0.333 e. The van der Waals surface area contributed by atoms with Crippen LogP contribution in [0.25, 0.3) is 10.1 Å². The molecule has 0 atom stereocenters. The van der Waals surface area contributed by atoms with E-state index < -0.39 is 5.91 Å². The molecule has 0 radical (unpaired) electrons. The van der Waals surface area contributed by atoms with Crippen molar-refractivity contribution < 1.29 is 24.4 Å². The number of aldehydes is 1. The zero-order valence-corrected chi connectivity index (χ0v) is 21.9. The van der Waals surface area contributed by atoms with Gasteiger partial charge < -0.3 is 16.4 Å². The van der Waals surface area contributed by atoms with E-state index >= 15 is 0 Å². The quantitative estimate of drug-likeness (QED) is 0.133. The van der Waals surface area contributed by atoms with Gasteiger partial charge in [0.2, 0.25) is 11.8 Å². The number of carbonyl (C=O) groups excluding carboxylic acids is 4. The third-order valence-corrected chi connectivity index (χ3v) is 6.09. The summed E-state index contributed by atoms with van der Waals surface area (Å²) in [5.74, 6) is -0.708. The summed E-state index contributed by atoms with van der Waals surface area (Å²) < 4.78 is 0.913. The average Bonchev–Trinajstić information content (AvgIpc) is 3.37. The first kappa shape index (κ1) is 29.8. The Bertz CT molecular complexity index is 1350. The van der Waals surface area contributed by atoms with Gasteiger partial charge in [0, 0.05) is 35.0 Å². The molecule has 0 spiro atoms. The van der Waals surface area contributed by atoms with Crippen molar-refractivity contribution in [3.8, 4) is 0 Å². The molecule has 4 aromatic rings. The number of thiophene rings is 1. The van der Waals surface area contributed by atoms with Gasteiger partial charge in [-0.15, -0.1) is 11.3 Å². The number of fused-ring (bicyclic) bond motifs is 1. The van der Waals surface area contributed by atoms with E-state index in [9.17, 15) is 19.2 Å². The van der Waals surface area contributed by atoms with Gasteiger partial charge in [-0.3, -0.25) is 24.4 Å². The summed E-state index contributed by atoms with van der Waals surface area (Å²) in [5.41, 5.74) is 9.24. The van der Waals surface area contributed by atoms with Crippen molar-refractivity contribution in [3.05, 3.63) is 94.9 Å². The molecule has 0 aliphatic heterocycles. The lowest BCUT2D eigenvalue weighted by atomic mass is 10.1. The van der Waals surface area contributed by atoms with Crippen LogP contribution in [-0.2, 0) is 16.0 Å². The van der Waals surface area contributed by atoms with Crippen molar-refractivity contribution in [1.29, 1.82) is 0 Å². The third kappa shape index (κ3) is 9.58. The Kier molecular flexibility index (Phi) is 12.3. The van der Waals surface area contributed by atoms with Crippen LogP contribution in [-0.4, -0.2) is 36.3 Å². The SMILES string of the molecule is CC(=O)Nc1ccc(C=O)cc1.CN.O=C(CCc1ccccc1)Nc1ccc2sc(C(=O)NO)cc2c1. The molecule has 0 aliphatic rings. The van der Waals surface area contributed by atoms with E-state index in [0.29, 0.717) is 34.7 Å². The maximum atomic E-state index is 12.1. The first-order chi connectivity index (χ1) is 18.4. The molecule has 3 aromatic carbocycles. The summed E-state index contributed by atoms with van der Waals surface area (Å²) in [7, 11) is 1.50. The zero-order chi connectivity index (χ0) is 27.9. The van der Waals surface area contributed by atoms with Crippen LogP contribution in [0.2, 0.25) is 0 Å². The number of rotatable bonds is 7. The monoisotopic (exact) mass is 534 g/mol. The van der Waals surface area contributed by atoms with Crippen molar-refractivity contribution >= 4 is 56.8 Å². The van der Waals surface area contributed by atoms with E-state index in [2.05, 4.69) is 16.4 Å². The predicted molar refractivity (Wildman–Crippen MR) is 151 cm³/mol. The first-order valence-electron chi connectivity index (χ1n) is 11.6. The highest BCUT2D eigenvalue weighted by Crippen LogP contribution is 2.28. The molecule has 6 N–H and O–H groups in total. The van der Waals surface area contributed by atoms with Crippen LogP contribution in [0.3, 0.4) is 0 Å². The van der Waals surface area contributed by atoms with Crippen LogP contribution >= 0.6 is 11.3 Å². The van der Waals surface area contributed by atoms with Gasteiger partial charge in [0.1, 0.15) is 6.29 Å². The number of carbonyl (C=O) groups is 4. The van der Waals surface area contributed by atoms with Crippen LogP contribution in [0.1, 0.15) is 38.9 Å². The number of nitrogens with two attached hydrogens (primary N) is 1. The Morgan fingerprint density at radius 3 is 2.16 bits per heavy atom. The van der Waals surface area contributed by atoms with Gasteiger partial charge in [-0.05, 0) is 72.9 Å². The number of hydrogen-bond acceptors (Lipinski definition) is 7. The number of anilines is 2. The third-order valence-electron chi connectivity index (χ3n) is 4.98. The van der Waals surface area contributed by atoms with Crippen LogP contribution in [0.4, 0.5) is 11.4 Å². The number of nitrogens with one attached hydrogen (secondary N) is 3. The van der Waals surface area contributed by atoms with E-state index in [4.69, 9.17) is 5.21 Å². The highest BCUT2D eigenvalue weighted by molar-refractivity contribution is 7.20. The second-order valence-electron chi connectivity index (χ2n) is 7.76. The van der Waals surface area contributed by atoms with E-state index in [1.165, 1.54) is 25.3 Å². The molecule has 0 fully saturated rings. The van der Waals surface area contributed by atoms with Crippen molar-refractivity contribution in [2.24, 2.45) is 5.73 Å². The van der Waals surface area contributed by atoms with E-state index in [-0.39, 0.29) is 11.8 Å². The van der Waals surface area contributed by atoms with Crippen molar-refractivity contribution in [2.45, 2.75) is 19.8 Å². The molecule has 3 amide bonds. The smallest absolute Gasteiger partial charge is 0.284 e. The summed E-state index contributed by atoms with van der Waals surface area (Å²) in [5, 5.41) is 15.0. The predicted octanol–water partition coefficient (Wildman–Crippen LogP) is 4.62. The lowest BCUT2D eigenvalue weighted by molar-refractivity contribution is -0.116. The van der Waals surface area contributed by atoms with Gasteiger partial charge in [0.15, 0.2) is 0 Å². The molecular formula is C28H30N4O5S. The zero-order valence-electron chi connectivity index (χ0n) is 21.1. The van der Waals surface area contributed by atoms with Gasteiger partial charge in [-0.1, -0.05) is 30.3 Å². The molecule has 0 bridgehead atoms. The summed E-state index contributed by atoms with van der Waals surface area (Å²) in [6.07, 6.45) is 1.86. The molecule has 1 aromatic heterocycles. The fraction of sp³-hybridized carbons (Fsp3) is 0.143. The standard InChI is InChI=1S/C18H16N2O3S.C9H9NO2.CH5N/c21-17(9-6-12-4-2-1-3-5-12)19-14-7-8-15-13(10-14)11-16(24-15)18(22)20-23;1-7(12)10-9-4-2-8(6-11)3-5-9;1-2/h1-5,7-8,10-11,23H,6,9H2,(H,19,21)(H,20,22);2-6H,1H3,(H,10,12);2H2,1H3.